The molecule has 0 saturated heterocycles. The number of tetrazole rings is 1. The summed E-state index contributed by atoms with van der Waals surface area (Å²) in [5.74, 6) is 0.263. The highest BCUT2D eigenvalue weighted by atomic mass is 32.2. The van der Waals surface area contributed by atoms with E-state index in [0.717, 1.165) is 5.56 Å². The highest BCUT2D eigenvalue weighted by molar-refractivity contribution is 7.99. The third-order valence-corrected chi connectivity index (χ3v) is 3.96. The molecule has 0 aliphatic carbocycles. The van der Waals surface area contributed by atoms with Crippen LogP contribution < -0.4 is 5.32 Å². The van der Waals surface area contributed by atoms with Crippen LogP contribution in [0.1, 0.15) is 24.1 Å². The van der Waals surface area contributed by atoms with Crippen LogP contribution in [0, 0.1) is 6.92 Å². The number of aryl methyl sites for hydroxylation is 2. The van der Waals surface area contributed by atoms with Crippen LogP contribution in [-0.2, 0) is 11.8 Å². The number of rotatable bonds is 5. The lowest BCUT2D eigenvalue weighted by Crippen LogP contribution is -2.28. The molecule has 0 radical (unpaired) electrons. The van der Waals surface area contributed by atoms with E-state index in [1.54, 1.807) is 11.7 Å². The fourth-order valence-electron chi connectivity index (χ4n) is 1.91. The monoisotopic (exact) mass is 291 g/mol. The van der Waals surface area contributed by atoms with E-state index in [1.807, 2.05) is 38.1 Å². The third-order valence-electron chi connectivity index (χ3n) is 2.95. The molecule has 1 atom stereocenters. The zero-order valence-electron chi connectivity index (χ0n) is 11.7. The molecule has 1 unspecified atom stereocenters. The molecule has 0 spiro atoms. The smallest absolute Gasteiger partial charge is 0.230 e. The SMILES string of the molecule is Cc1ccccc1C(C)NC(=O)CSc1nnnn1C. The lowest BCUT2D eigenvalue weighted by molar-refractivity contribution is -0.119. The number of carbonyl (C=O) groups excluding carboxylic acids is 1. The largest absolute Gasteiger partial charge is 0.349 e. The second-order valence-corrected chi connectivity index (χ2v) is 5.46. The first-order valence-corrected chi connectivity index (χ1v) is 7.26. The number of nitrogens with zero attached hydrogens (tertiary/aromatic N) is 4. The summed E-state index contributed by atoms with van der Waals surface area (Å²) in [6, 6.07) is 8.02. The average Bonchev–Trinajstić information content (AvgIpc) is 2.82. The van der Waals surface area contributed by atoms with Crippen molar-refractivity contribution in [2.24, 2.45) is 7.05 Å². The standard InChI is InChI=1S/C13H17N5OS/c1-9-6-4-5-7-11(9)10(2)14-12(19)8-20-13-15-16-17-18(13)3/h4-7,10H,8H2,1-3H3,(H,14,19). The van der Waals surface area contributed by atoms with Gasteiger partial charge in [-0.1, -0.05) is 36.0 Å². The number of hydrogen-bond acceptors (Lipinski definition) is 5. The molecule has 20 heavy (non-hydrogen) atoms. The molecule has 2 rings (SSSR count). The van der Waals surface area contributed by atoms with Gasteiger partial charge in [-0.05, 0) is 35.4 Å². The summed E-state index contributed by atoms with van der Waals surface area (Å²) in [7, 11) is 1.75. The molecular weight excluding hydrogens is 274 g/mol. The molecule has 1 N–H and O–H groups in total. The summed E-state index contributed by atoms with van der Waals surface area (Å²) in [5, 5.41) is 14.7. The summed E-state index contributed by atoms with van der Waals surface area (Å²) in [6.07, 6.45) is 0. The van der Waals surface area contributed by atoms with Crippen LogP contribution in [0.15, 0.2) is 29.4 Å². The Labute approximate surface area is 121 Å². The van der Waals surface area contributed by atoms with E-state index in [1.165, 1.54) is 17.3 Å². The Morgan fingerprint density at radius 1 is 1.45 bits per heavy atom. The van der Waals surface area contributed by atoms with Gasteiger partial charge in [0, 0.05) is 7.05 Å². The molecule has 1 heterocycles. The molecule has 0 bridgehead atoms. The molecule has 1 amide bonds. The van der Waals surface area contributed by atoms with Crippen molar-refractivity contribution < 1.29 is 4.79 Å². The Morgan fingerprint density at radius 3 is 2.85 bits per heavy atom. The molecule has 7 heteroatoms. The Kier molecular flexibility index (Phi) is 4.73. The minimum atomic E-state index is -0.0336. The molecule has 1 aromatic carbocycles. The lowest BCUT2D eigenvalue weighted by atomic mass is 10.0. The Balaban J connectivity index is 1.88. The molecule has 106 valence electrons. The highest BCUT2D eigenvalue weighted by Gasteiger charge is 2.12. The summed E-state index contributed by atoms with van der Waals surface area (Å²) in [4.78, 5) is 11.9. The minimum absolute atomic E-state index is 0.0121. The first-order valence-electron chi connectivity index (χ1n) is 6.28. The number of carbonyl (C=O) groups is 1. The van der Waals surface area contributed by atoms with Crippen molar-refractivity contribution in [2.45, 2.75) is 25.0 Å². The molecule has 0 fully saturated rings. The van der Waals surface area contributed by atoms with Crippen molar-refractivity contribution >= 4 is 17.7 Å². The van der Waals surface area contributed by atoms with Crippen molar-refractivity contribution in [3.8, 4) is 0 Å². The van der Waals surface area contributed by atoms with Crippen molar-refractivity contribution in [1.82, 2.24) is 25.5 Å². The normalized spacial score (nSPS) is 12.2. The van der Waals surface area contributed by atoms with Gasteiger partial charge in [0.25, 0.3) is 0 Å². The first kappa shape index (κ1) is 14.5. The van der Waals surface area contributed by atoms with E-state index in [0.29, 0.717) is 10.9 Å². The third kappa shape index (κ3) is 3.57. The quantitative estimate of drug-likeness (QED) is 0.845. The zero-order valence-corrected chi connectivity index (χ0v) is 12.5. The van der Waals surface area contributed by atoms with Gasteiger partial charge >= 0.3 is 0 Å². The van der Waals surface area contributed by atoms with E-state index in [9.17, 15) is 4.79 Å². The van der Waals surface area contributed by atoms with Crippen molar-refractivity contribution in [2.75, 3.05) is 5.75 Å². The predicted molar refractivity (Wildman–Crippen MR) is 77.3 cm³/mol. The van der Waals surface area contributed by atoms with Gasteiger partial charge in [0.05, 0.1) is 11.8 Å². The minimum Gasteiger partial charge on any atom is -0.349 e. The first-order chi connectivity index (χ1) is 9.58. The van der Waals surface area contributed by atoms with Crippen LogP contribution in [0.25, 0.3) is 0 Å². The van der Waals surface area contributed by atoms with Crippen LogP contribution in [-0.4, -0.2) is 31.9 Å². The van der Waals surface area contributed by atoms with Gasteiger partial charge in [0.15, 0.2) is 0 Å². The van der Waals surface area contributed by atoms with Gasteiger partial charge in [0.1, 0.15) is 0 Å². The van der Waals surface area contributed by atoms with Crippen LogP contribution in [0.5, 0.6) is 0 Å². The van der Waals surface area contributed by atoms with Crippen LogP contribution in [0.3, 0.4) is 0 Å². The van der Waals surface area contributed by atoms with Crippen molar-refractivity contribution in [3.05, 3.63) is 35.4 Å². The number of amides is 1. The van der Waals surface area contributed by atoms with Gasteiger partial charge in [-0.3, -0.25) is 4.79 Å². The topological polar surface area (TPSA) is 72.7 Å². The number of thioether (sulfide) groups is 1. The average molecular weight is 291 g/mol. The fraction of sp³-hybridized carbons (Fsp3) is 0.385. The summed E-state index contributed by atoms with van der Waals surface area (Å²) in [6.45, 7) is 4.02. The van der Waals surface area contributed by atoms with E-state index in [-0.39, 0.29) is 11.9 Å². The van der Waals surface area contributed by atoms with Gasteiger partial charge in [0.2, 0.25) is 11.1 Å². The lowest BCUT2D eigenvalue weighted by Gasteiger charge is -2.16. The second kappa shape index (κ2) is 6.51. The van der Waals surface area contributed by atoms with Gasteiger partial charge < -0.3 is 5.32 Å². The van der Waals surface area contributed by atoms with Gasteiger partial charge in [-0.15, -0.1) is 5.10 Å². The zero-order chi connectivity index (χ0) is 14.5. The van der Waals surface area contributed by atoms with E-state index < -0.39 is 0 Å². The maximum absolute atomic E-state index is 11.9. The predicted octanol–water partition coefficient (Wildman–Crippen LogP) is 1.49. The van der Waals surface area contributed by atoms with Gasteiger partial charge in [-0.2, -0.15) is 0 Å². The molecule has 0 aliphatic heterocycles. The number of aromatic nitrogens is 4. The van der Waals surface area contributed by atoms with E-state index in [2.05, 4.69) is 20.8 Å². The van der Waals surface area contributed by atoms with Crippen molar-refractivity contribution in [3.63, 3.8) is 0 Å². The fourth-order valence-corrected chi connectivity index (χ4v) is 2.57. The molecule has 0 saturated carbocycles. The number of hydrogen-bond donors (Lipinski definition) is 1. The molecule has 2 aromatic rings. The van der Waals surface area contributed by atoms with E-state index in [4.69, 9.17) is 0 Å². The van der Waals surface area contributed by atoms with Crippen molar-refractivity contribution in [1.29, 1.82) is 0 Å². The maximum atomic E-state index is 11.9. The van der Waals surface area contributed by atoms with Crippen LogP contribution in [0.4, 0.5) is 0 Å². The second-order valence-electron chi connectivity index (χ2n) is 4.52. The van der Waals surface area contributed by atoms with Crippen LogP contribution >= 0.6 is 11.8 Å². The molecule has 0 aliphatic rings. The summed E-state index contributed by atoms with van der Waals surface area (Å²) < 4.78 is 1.54. The number of benzene rings is 1. The maximum Gasteiger partial charge on any atom is 0.230 e. The molecule has 1 aromatic heterocycles. The summed E-state index contributed by atoms with van der Waals surface area (Å²) in [5.41, 5.74) is 2.30. The van der Waals surface area contributed by atoms with Gasteiger partial charge in [-0.25, -0.2) is 4.68 Å². The highest BCUT2D eigenvalue weighted by Crippen LogP contribution is 2.17. The van der Waals surface area contributed by atoms with Crippen LogP contribution in [0.2, 0.25) is 0 Å². The Morgan fingerprint density at radius 2 is 2.20 bits per heavy atom. The number of nitrogens with one attached hydrogen (secondary N) is 1. The molecular formula is C13H17N5OS. The Bertz CT molecular complexity index is 598. The Hall–Kier alpha value is -1.89. The summed E-state index contributed by atoms with van der Waals surface area (Å²) >= 11 is 1.32. The molecule has 6 nitrogen and oxygen atoms in total. The van der Waals surface area contributed by atoms with E-state index >= 15 is 0 Å².